The lowest BCUT2D eigenvalue weighted by Gasteiger charge is -2.12. The summed E-state index contributed by atoms with van der Waals surface area (Å²) in [5, 5.41) is 5.60. The van der Waals surface area contributed by atoms with E-state index in [4.69, 9.17) is 0 Å². The Morgan fingerprint density at radius 2 is 2.13 bits per heavy atom. The Morgan fingerprint density at radius 3 is 2.87 bits per heavy atom. The molecule has 15 heavy (non-hydrogen) atoms. The van der Waals surface area contributed by atoms with E-state index in [0.717, 1.165) is 16.9 Å². The zero-order valence-electron chi connectivity index (χ0n) is 9.28. The molecule has 0 aliphatic carbocycles. The topological polar surface area (TPSA) is 37.8 Å². The van der Waals surface area contributed by atoms with Crippen molar-refractivity contribution in [1.29, 1.82) is 0 Å². The van der Waals surface area contributed by atoms with Crippen LogP contribution in [0.2, 0.25) is 0 Å². The molecule has 0 saturated heterocycles. The van der Waals surface area contributed by atoms with Crippen LogP contribution in [0, 0.1) is 6.92 Å². The highest BCUT2D eigenvalue weighted by atomic mass is 15.0. The van der Waals surface area contributed by atoms with Crippen molar-refractivity contribution in [1.82, 2.24) is 9.97 Å². The number of anilines is 1. The molecule has 0 bridgehead atoms. The molecule has 1 N–H and O–H groups in total. The second-order valence-electron chi connectivity index (χ2n) is 4.01. The van der Waals surface area contributed by atoms with Crippen molar-refractivity contribution in [2.24, 2.45) is 0 Å². The summed E-state index contributed by atoms with van der Waals surface area (Å²) in [7, 11) is 0. The van der Waals surface area contributed by atoms with Crippen LogP contribution >= 0.6 is 0 Å². The monoisotopic (exact) mass is 201 g/mol. The normalized spacial score (nSPS) is 10.9. The number of aromatic nitrogens is 2. The molecule has 2 aromatic rings. The van der Waals surface area contributed by atoms with Gasteiger partial charge in [0.15, 0.2) is 0 Å². The first kappa shape index (κ1) is 9.90. The largest absolute Gasteiger partial charge is 0.367 e. The van der Waals surface area contributed by atoms with Gasteiger partial charge in [0.05, 0.1) is 0 Å². The number of nitrogens with one attached hydrogen (secondary N) is 1. The fourth-order valence-corrected chi connectivity index (χ4v) is 1.61. The Labute approximate surface area is 89.6 Å². The first-order valence-corrected chi connectivity index (χ1v) is 5.15. The van der Waals surface area contributed by atoms with E-state index >= 15 is 0 Å². The summed E-state index contributed by atoms with van der Waals surface area (Å²) in [6.45, 7) is 6.21. The van der Waals surface area contributed by atoms with Gasteiger partial charge in [-0.1, -0.05) is 0 Å². The van der Waals surface area contributed by atoms with Gasteiger partial charge in [0.25, 0.3) is 0 Å². The fraction of sp³-hybridized carbons (Fsp3) is 0.333. The Balaban J connectivity index is 2.60. The molecule has 0 atom stereocenters. The van der Waals surface area contributed by atoms with Crippen LogP contribution in [0.25, 0.3) is 10.8 Å². The van der Waals surface area contributed by atoms with Crippen LogP contribution in [0.5, 0.6) is 0 Å². The Kier molecular flexibility index (Phi) is 2.54. The van der Waals surface area contributed by atoms with Crippen LogP contribution in [-0.4, -0.2) is 16.0 Å². The van der Waals surface area contributed by atoms with Crippen molar-refractivity contribution in [3.63, 3.8) is 0 Å². The summed E-state index contributed by atoms with van der Waals surface area (Å²) >= 11 is 0. The van der Waals surface area contributed by atoms with Crippen molar-refractivity contribution in [3.05, 3.63) is 30.2 Å². The number of hydrogen-bond donors (Lipinski definition) is 1. The van der Waals surface area contributed by atoms with Gasteiger partial charge in [0.2, 0.25) is 0 Å². The van der Waals surface area contributed by atoms with Crippen LogP contribution in [0.15, 0.2) is 24.5 Å². The molecule has 0 saturated carbocycles. The van der Waals surface area contributed by atoms with Crippen molar-refractivity contribution in [2.75, 3.05) is 5.32 Å². The van der Waals surface area contributed by atoms with Gasteiger partial charge in [0.1, 0.15) is 5.82 Å². The van der Waals surface area contributed by atoms with Gasteiger partial charge in [-0.15, -0.1) is 0 Å². The highest BCUT2D eigenvalue weighted by Gasteiger charge is 2.04. The van der Waals surface area contributed by atoms with Crippen LogP contribution in [0.4, 0.5) is 5.82 Å². The van der Waals surface area contributed by atoms with Gasteiger partial charge in [0, 0.05) is 29.5 Å². The molecule has 78 valence electrons. The minimum Gasteiger partial charge on any atom is -0.367 e. The van der Waals surface area contributed by atoms with E-state index in [1.165, 1.54) is 5.39 Å². The Hall–Kier alpha value is -1.64. The zero-order valence-corrected chi connectivity index (χ0v) is 9.28. The van der Waals surface area contributed by atoms with Crippen LogP contribution in [0.1, 0.15) is 19.5 Å². The number of rotatable bonds is 2. The summed E-state index contributed by atoms with van der Waals surface area (Å²) in [6.07, 6.45) is 3.66. The summed E-state index contributed by atoms with van der Waals surface area (Å²) in [5.41, 5.74) is 1.02. The molecule has 0 aliphatic rings. The zero-order chi connectivity index (χ0) is 10.8. The third-order valence-electron chi connectivity index (χ3n) is 2.19. The average molecular weight is 201 g/mol. The van der Waals surface area contributed by atoms with Crippen LogP contribution in [0.3, 0.4) is 0 Å². The first-order chi connectivity index (χ1) is 7.16. The van der Waals surface area contributed by atoms with E-state index in [0.29, 0.717) is 6.04 Å². The molecule has 0 aromatic carbocycles. The van der Waals surface area contributed by atoms with Gasteiger partial charge in [-0.2, -0.15) is 0 Å². The third kappa shape index (κ3) is 2.06. The molecule has 2 heterocycles. The van der Waals surface area contributed by atoms with E-state index in [-0.39, 0.29) is 0 Å². The van der Waals surface area contributed by atoms with E-state index in [1.54, 1.807) is 6.20 Å². The number of hydrogen-bond acceptors (Lipinski definition) is 3. The molecule has 0 radical (unpaired) electrons. The molecular formula is C12H15N3. The lowest BCUT2D eigenvalue weighted by molar-refractivity contribution is 0.890. The van der Waals surface area contributed by atoms with E-state index in [9.17, 15) is 0 Å². The van der Waals surface area contributed by atoms with Crippen molar-refractivity contribution in [3.8, 4) is 0 Å². The number of fused-ring (bicyclic) bond motifs is 1. The maximum atomic E-state index is 4.49. The first-order valence-electron chi connectivity index (χ1n) is 5.15. The number of nitrogens with zero attached hydrogens (tertiary/aromatic N) is 2. The van der Waals surface area contributed by atoms with Gasteiger partial charge in [-0.25, -0.2) is 4.98 Å². The second kappa shape index (κ2) is 3.85. The van der Waals surface area contributed by atoms with Crippen LogP contribution in [-0.2, 0) is 0 Å². The van der Waals surface area contributed by atoms with E-state index in [1.807, 2.05) is 19.2 Å². The van der Waals surface area contributed by atoms with Gasteiger partial charge >= 0.3 is 0 Å². The predicted molar refractivity (Wildman–Crippen MR) is 63.0 cm³/mol. The maximum Gasteiger partial charge on any atom is 0.135 e. The molecule has 2 rings (SSSR count). The Bertz CT molecular complexity index is 477. The molecule has 3 heteroatoms. The fourth-order valence-electron chi connectivity index (χ4n) is 1.61. The highest BCUT2D eigenvalue weighted by molar-refractivity contribution is 5.91. The van der Waals surface area contributed by atoms with Gasteiger partial charge in [-0.3, -0.25) is 4.98 Å². The molecule has 2 aromatic heterocycles. The Morgan fingerprint density at radius 1 is 1.33 bits per heavy atom. The lowest BCUT2D eigenvalue weighted by atomic mass is 10.2. The smallest absolute Gasteiger partial charge is 0.135 e. The molecule has 0 spiro atoms. The SMILES string of the molecule is Cc1cc2ccncc2c(NC(C)C)n1. The quantitative estimate of drug-likeness (QED) is 0.811. The van der Waals surface area contributed by atoms with E-state index < -0.39 is 0 Å². The van der Waals surface area contributed by atoms with Crippen molar-refractivity contribution in [2.45, 2.75) is 26.8 Å². The van der Waals surface area contributed by atoms with Crippen molar-refractivity contribution < 1.29 is 0 Å². The molecular weight excluding hydrogens is 186 g/mol. The highest BCUT2D eigenvalue weighted by Crippen LogP contribution is 2.21. The molecule has 0 fully saturated rings. The number of aryl methyl sites for hydroxylation is 1. The predicted octanol–water partition coefficient (Wildman–Crippen LogP) is 2.76. The van der Waals surface area contributed by atoms with Gasteiger partial charge < -0.3 is 5.32 Å². The standard InChI is InChI=1S/C12H15N3/c1-8(2)14-12-11-7-13-5-4-10(11)6-9(3)15-12/h4-8H,1-3H3,(H,14,15). The maximum absolute atomic E-state index is 4.49. The van der Waals surface area contributed by atoms with E-state index in [2.05, 4.69) is 35.2 Å². The average Bonchev–Trinajstić information content (AvgIpc) is 2.16. The minimum absolute atomic E-state index is 0.378. The summed E-state index contributed by atoms with van der Waals surface area (Å²) in [6, 6.07) is 4.46. The molecule has 3 nitrogen and oxygen atoms in total. The molecule has 0 aliphatic heterocycles. The van der Waals surface area contributed by atoms with Crippen molar-refractivity contribution >= 4 is 16.6 Å². The second-order valence-corrected chi connectivity index (χ2v) is 4.01. The summed E-state index contributed by atoms with van der Waals surface area (Å²) in [5.74, 6) is 0.924. The minimum atomic E-state index is 0.378. The summed E-state index contributed by atoms with van der Waals surface area (Å²) < 4.78 is 0. The number of pyridine rings is 2. The molecule has 0 amide bonds. The van der Waals surface area contributed by atoms with Gasteiger partial charge in [-0.05, 0) is 38.3 Å². The lowest BCUT2D eigenvalue weighted by Crippen LogP contribution is -2.11. The van der Waals surface area contributed by atoms with Crippen LogP contribution < -0.4 is 5.32 Å². The third-order valence-corrected chi connectivity index (χ3v) is 2.19. The summed E-state index contributed by atoms with van der Waals surface area (Å²) in [4.78, 5) is 8.62. The molecule has 0 unspecified atom stereocenters.